The summed E-state index contributed by atoms with van der Waals surface area (Å²) >= 11 is 0. The summed E-state index contributed by atoms with van der Waals surface area (Å²) in [6, 6.07) is 8.05. The topological polar surface area (TPSA) is 77.2 Å². The lowest BCUT2D eigenvalue weighted by Gasteiger charge is -2.15. The van der Waals surface area contributed by atoms with Gasteiger partial charge >= 0.3 is 0 Å². The fourth-order valence-electron chi connectivity index (χ4n) is 2.83. The molecule has 0 radical (unpaired) electrons. The van der Waals surface area contributed by atoms with Gasteiger partial charge in [0.1, 0.15) is 11.8 Å². The first-order valence-electron chi connectivity index (χ1n) is 9.43. The minimum Gasteiger partial charge on any atom is -0.492 e. The summed E-state index contributed by atoms with van der Waals surface area (Å²) in [4.78, 5) is 17.4. The molecular weight excluding hydrogens is 378 g/mol. The zero-order valence-corrected chi connectivity index (χ0v) is 16.4. The van der Waals surface area contributed by atoms with Crippen LogP contribution in [-0.4, -0.2) is 29.9 Å². The summed E-state index contributed by atoms with van der Waals surface area (Å²) < 4.78 is 10.9. The van der Waals surface area contributed by atoms with Gasteiger partial charge in [0.15, 0.2) is 6.40 Å². The molecule has 0 aliphatic carbocycles. The average Bonchev–Trinajstić information content (AvgIpc) is 3.15. The highest BCUT2D eigenvalue weighted by molar-refractivity contribution is 5.92. The van der Waals surface area contributed by atoms with Crippen LogP contribution in [0.2, 0.25) is 0 Å². The smallest absolute Gasteiger partial charge is 0.265 e. The van der Waals surface area contributed by atoms with Gasteiger partial charge in [-0.2, -0.15) is 0 Å². The van der Waals surface area contributed by atoms with Gasteiger partial charge in [0.2, 0.25) is 0 Å². The van der Waals surface area contributed by atoms with Gasteiger partial charge in [-0.1, -0.05) is 60.7 Å². The molecule has 0 saturated heterocycles. The van der Waals surface area contributed by atoms with E-state index in [4.69, 9.17) is 15.2 Å². The van der Waals surface area contributed by atoms with Crippen LogP contribution in [0, 0.1) is 0 Å². The second kappa shape index (κ2) is 11.1. The standard InChI is InChI=1S/C24H23N3O3/c25-24(28)23-17-22-18-27(23)14-13-26-19-29-15-7-3-1-2-4-9-20-10-5-6-11-21(20)12-8-16-30-22/h1-17,19,22H,18H2,(H2,25,28)/b3-1-,4-2-,14-13-,15-7-,16-8-,20-9-,21-12-,26-19-. The number of primary amides is 1. The summed E-state index contributed by atoms with van der Waals surface area (Å²) in [6.45, 7) is 0.454. The number of amides is 1. The fraction of sp³-hybridized carbons (Fsp3) is 0.0833. The van der Waals surface area contributed by atoms with Crippen molar-refractivity contribution in [2.45, 2.75) is 6.10 Å². The van der Waals surface area contributed by atoms with Gasteiger partial charge in [-0.3, -0.25) is 4.79 Å². The van der Waals surface area contributed by atoms with E-state index in [1.165, 1.54) is 18.9 Å². The highest BCUT2D eigenvalue weighted by Crippen LogP contribution is 2.18. The second-order valence-corrected chi connectivity index (χ2v) is 6.32. The highest BCUT2D eigenvalue weighted by Gasteiger charge is 2.25. The molecule has 2 bridgehead atoms. The minimum absolute atomic E-state index is 0.296. The van der Waals surface area contributed by atoms with Crippen LogP contribution in [0.4, 0.5) is 0 Å². The molecule has 1 aromatic carbocycles. The summed E-state index contributed by atoms with van der Waals surface area (Å²) in [7, 11) is 0. The van der Waals surface area contributed by atoms with Crippen LogP contribution in [0.15, 0.2) is 102 Å². The zero-order valence-electron chi connectivity index (χ0n) is 16.4. The van der Waals surface area contributed by atoms with Crippen molar-refractivity contribution < 1.29 is 14.3 Å². The Morgan fingerprint density at radius 2 is 1.73 bits per heavy atom. The quantitative estimate of drug-likeness (QED) is 0.781. The number of nitrogens with zero attached hydrogens (tertiary/aromatic N) is 2. The number of nitrogens with two attached hydrogens (primary N) is 1. The lowest BCUT2D eigenvalue weighted by atomic mass is 10.2. The third-order valence-corrected chi connectivity index (χ3v) is 4.22. The molecule has 2 aliphatic heterocycles. The number of hydrogen-bond donors (Lipinski definition) is 1. The van der Waals surface area contributed by atoms with Gasteiger partial charge < -0.3 is 20.1 Å². The third kappa shape index (κ3) is 6.24. The highest BCUT2D eigenvalue weighted by atomic mass is 16.5. The van der Waals surface area contributed by atoms with E-state index in [9.17, 15) is 4.79 Å². The summed E-state index contributed by atoms with van der Waals surface area (Å²) in [5.41, 5.74) is 5.83. The summed E-state index contributed by atoms with van der Waals surface area (Å²) in [6.07, 6.45) is 24.2. The number of carbonyl (C=O) groups is 1. The Morgan fingerprint density at radius 3 is 2.53 bits per heavy atom. The number of aliphatic imine (C=N–C) groups is 1. The predicted octanol–water partition coefficient (Wildman–Crippen LogP) is 1.99. The van der Waals surface area contributed by atoms with Crippen molar-refractivity contribution in [2.75, 3.05) is 6.54 Å². The van der Waals surface area contributed by atoms with Crippen molar-refractivity contribution in [2.24, 2.45) is 10.7 Å². The largest absolute Gasteiger partial charge is 0.492 e. The summed E-state index contributed by atoms with van der Waals surface area (Å²) in [5, 5.41) is 2.15. The molecule has 6 nitrogen and oxygen atoms in total. The number of rotatable bonds is 1. The maximum atomic E-state index is 11.7. The van der Waals surface area contributed by atoms with Crippen molar-refractivity contribution in [3.8, 4) is 0 Å². The van der Waals surface area contributed by atoms with Gasteiger partial charge in [-0.05, 0) is 28.7 Å². The normalized spacial score (nSPS) is 27.5. The first-order valence-corrected chi connectivity index (χ1v) is 9.43. The van der Waals surface area contributed by atoms with Crippen molar-refractivity contribution in [1.29, 1.82) is 0 Å². The first kappa shape index (κ1) is 20.7. The lowest BCUT2D eigenvalue weighted by Crippen LogP contribution is -2.26. The number of allylic oxidation sites excluding steroid dienone is 6. The van der Waals surface area contributed by atoms with Gasteiger partial charge in [0.25, 0.3) is 5.91 Å². The molecule has 0 fully saturated rings. The van der Waals surface area contributed by atoms with E-state index < -0.39 is 5.91 Å². The lowest BCUT2D eigenvalue weighted by molar-refractivity contribution is -0.115. The van der Waals surface area contributed by atoms with E-state index in [2.05, 4.69) is 4.99 Å². The SMILES string of the molecule is NC(=O)C1=CC2CN1/C=C\N=C/O\C=C/C=C\C=C/C=c1/cccc/c1=C/C=C\O2. The van der Waals surface area contributed by atoms with E-state index >= 15 is 0 Å². The van der Waals surface area contributed by atoms with Crippen molar-refractivity contribution in [3.05, 3.63) is 108 Å². The zero-order chi connectivity index (χ0) is 21.0. The predicted molar refractivity (Wildman–Crippen MR) is 119 cm³/mol. The molecule has 1 aromatic rings. The van der Waals surface area contributed by atoms with Crippen LogP contribution in [0.1, 0.15) is 0 Å². The van der Waals surface area contributed by atoms with Crippen molar-refractivity contribution in [3.63, 3.8) is 0 Å². The van der Waals surface area contributed by atoms with Crippen LogP contribution in [0.5, 0.6) is 0 Å². The number of hydrogen-bond acceptors (Lipinski definition) is 5. The van der Waals surface area contributed by atoms with Crippen LogP contribution in [-0.2, 0) is 14.3 Å². The molecular formula is C24H23N3O3. The number of carbonyl (C=O) groups excluding carboxylic acids is 1. The van der Waals surface area contributed by atoms with Crippen LogP contribution in [0.3, 0.4) is 0 Å². The Balaban J connectivity index is 1.87. The minimum atomic E-state index is -0.525. The second-order valence-electron chi connectivity index (χ2n) is 6.32. The van der Waals surface area contributed by atoms with Gasteiger partial charge in [0.05, 0.1) is 19.1 Å². The van der Waals surface area contributed by atoms with Crippen molar-refractivity contribution in [1.82, 2.24) is 4.90 Å². The Morgan fingerprint density at radius 1 is 1.00 bits per heavy atom. The Bertz CT molecular complexity index is 1080. The van der Waals surface area contributed by atoms with Crippen LogP contribution in [0.25, 0.3) is 12.2 Å². The van der Waals surface area contributed by atoms with Crippen molar-refractivity contribution >= 4 is 24.5 Å². The molecule has 0 saturated carbocycles. The molecule has 0 spiro atoms. The molecule has 3 rings (SSSR count). The molecule has 1 atom stereocenters. The molecule has 0 aromatic heterocycles. The van der Waals surface area contributed by atoms with Gasteiger partial charge in [0, 0.05) is 12.4 Å². The third-order valence-electron chi connectivity index (χ3n) is 4.22. The number of ether oxygens (including phenoxy) is 2. The maximum Gasteiger partial charge on any atom is 0.265 e. The Labute approximate surface area is 175 Å². The van der Waals surface area contributed by atoms with E-state index in [0.29, 0.717) is 12.2 Å². The van der Waals surface area contributed by atoms with E-state index in [-0.39, 0.29) is 6.10 Å². The fourth-order valence-corrected chi connectivity index (χ4v) is 2.83. The first-order chi connectivity index (χ1) is 14.7. The average molecular weight is 401 g/mol. The molecule has 1 amide bonds. The molecule has 1 unspecified atom stereocenters. The number of fused-ring (bicyclic) bond motifs is 3. The van der Waals surface area contributed by atoms with Crippen LogP contribution >= 0.6 is 0 Å². The van der Waals surface area contributed by atoms with E-state index in [1.807, 2.05) is 66.8 Å². The number of benzene rings is 1. The monoisotopic (exact) mass is 401 g/mol. The van der Waals surface area contributed by atoms with Gasteiger partial charge in [-0.25, -0.2) is 4.99 Å². The molecule has 6 heteroatoms. The maximum absolute atomic E-state index is 11.7. The molecule has 2 heterocycles. The molecule has 152 valence electrons. The van der Waals surface area contributed by atoms with E-state index in [1.54, 1.807) is 29.5 Å². The Kier molecular flexibility index (Phi) is 7.62. The Hall–Kier alpha value is -4.06. The van der Waals surface area contributed by atoms with E-state index in [0.717, 1.165) is 10.4 Å². The molecule has 2 aliphatic rings. The van der Waals surface area contributed by atoms with Crippen LogP contribution < -0.4 is 16.2 Å². The summed E-state index contributed by atoms with van der Waals surface area (Å²) in [5.74, 6) is -0.525. The van der Waals surface area contributed by atoms with Gasteiger partial charge in [-0.15, -0.1) is 0 Å². The molecule has 2 N–H and O–H groups in total. The molecule has 30 heavy (non-hydrogen) atoms.